The van der Waals surface area contributed by atoms with Crippen LogP contribution in [0.2, 0.25) is 0 Å². The minimum absolute atomic E-state index is 0.0543. The highest BCUT2D eigenvalue weighted by Crippen LogP contribution is 2.29. The lowest BCUT2D eigenvalue weighted by Crippen LogP contribution is -2.50. The van der Waals surface area contributed by atoms with Crippen LogP contribution in [0.4, 0.5) is 11.5 Å². The molecule has 6 heteroatoms. The van der Waals surface area contributed by atoms with E-state index in [-0.39, 0.29) is 11.9 Å². The molecule has 4 rings (SSSR count). The zero-order valence-electron chi connectivity index (χ0n) is 18.0. The normalized spacial score (nSPS) is 15.4. The fraction of sp³-hybridized carbons (Fsp3) is 0.280. The number of hydrogen-bond acceptors (Lipinski definition) is 5. The lowest BCUT2D eigenvalue weighted by molar-refractivity contribution is -0.121. The van der Waals surface area contributed by atoms with Crippen LogP contribution in [0.25, 0.3) is 0 Å². The average Bonchev–Trinajstić information content (AvgIpc) is 2.81. The summed E-state index contributed by atoms with van der Waals surface area (Å²) in [5, 5.41) is 3.11. The molecule has 0 bridgehead atoms. The highest BCUT2D eigenvalue weighted by atomic mass is 16.5. The number of ether oxygens (including phenoxy) is 1. The molecular weight excluding hydrogens is 388 g/mol. The van der Waals surface area contributed by atoms with E-state index in [1.807, 2.05) is 79.9 Å². The van der Waals surface area contributed by atoms with Crippen molar-refractivity contribution in [1.29, 1.82) is 0 Å². The summed E-state index contributed by atoms with van der Waals surface area (Å²) in [6, 6.07) is 21.3. The summed E-state index contributed by atoms with van der Waals surface area (Å²) in [5.41, 5.74) is 2.75. The standard InChI is InChI=1S/C25H28N4O2/c1-19-11-12-22(31-2)21(18-19)27-25(30)24(20-8-4-3-5-9-20)29-16-14-28(15-17-29)23-10-6-7-13-26-23/h3-13,18,24H,14-17H2,1-2H3,(H,27,30)/t24-/m1/s1. The SMILES string of the molecule is COc1ccc(C)cc1NC(=O)[C@@H](c1ccccc1)N1CCN(c2ccccn2)CC1. The van der Waals surface area contributed by atoms with Gasteiger partial charge in [-0.1, -0.05) is 42.5 Å². The first-order valence-electron chi connectivity index (χ1n) is 10.6. The van der Waals surface area contributed by atoms with Crippen LogP contribution in [-0.4, -0.2) is 49.1 Å². The highest BCUT2D eigenvalue weighted by molar-refractivity contribution is 5.96. The molecule has 1 amide bonds. The molecule has 1 saturated heterocycles. The molecule has 0 unspecified atom stereocenters. The predicted octanol–water partition coefficient (Wildman–Crippen LogP) is 3.90. The second-order valence-corrected chi connectivity index (χ2v) is 7.72. The Morgan fingerprint density at radius 1 is 1.00 bits per heavy atom. The Labute approximate surface area is 183 Å². The van der Waals surface area contributed by atoms with Crippen molar-refractivity contribution < 1.29 is 9.53 Å². The van der Waals surface area contributed by atoms with Gasteiger partial charge in [-0.3, -0.25) is 9.69 Å². The minimum atomic E-state index is -0.377. The number of methoxy groups -OCH3 is 1. The van der Waals surface area contributed by atoms with Crippen LogP contribution in [0.3, 0.4) is 0 Å². The van der Waals surface area contributed by atoms with E-state index in [9.17, 15) is 4.79 Å². The molecule has 2 aromatic carbocycles. The van der Waals surface area contributed by atoms with Crippen molar-refractivity contribution in [3.63, 3.8) is 0 Å². The first-order valence-corrected chi connectivity index (χ1v) is 10.6. The Balaban J connectivity index is 1.55. The smallest absolute Gasteiger partial charge is 0.246 e. The number of benzene rings is 2. The van der Waals surface area contributed by atoms with Crippen LogP contribution >= 0.6 is 0 Å². The van der Waals surface area contributed by atoms with Crippen molar-refractivity contribution >= 4 is 17.4 Å². The van der Waals surface area contributed by atoms with Gasteiger partial charge in [-0.25, -0.2) is 4.98 Å². The third-order valence-corrected chi connectivity index (χ3v) is 5.63. The van der Waals surface area contributed by atoms with Gasteiger partial charge >= 0.3 is 0 Å². The molecule has 0 aliphatic carbocycles. The zero-order valence-corrected chi connectivity index (χ0v) is 18.0. The second kappa shape index (κ2) is 9.62. The number of piperazine rings is 1. The van der Waals surface area contributed by atoms with E-state index in [0.29, 0.717) is 11.4 Å². The van der Waals surface area contributed by atoms with Crippen molar-refractivity contribution in [3.8, 4) is 5.75 Å². The topological polar surface area (TPSA) is 57.7 Å². The Kier molecular flexibility index (Phi) is 6.48. The maximum Gasteiger partial charge on any atom is 0.246 e. The summed E-state index contributed by atoms with van der Waals surface area (Å²) in [6.07, 6.45) is 1.82. The molecule has 1 aliphatic rings. The minimum Gasteiger partial charge on any atom is -0.495 e. The molecule has 6 nitrogen and oxygen atoms in total. The Morgan fingerprint density at radius 2 is 1.74 bits per heavy atom. The third-order valence-electron chi connectivity index (χ3n) is 5.63. The van der Waals surface area contributed by atoms with E-state index in [2.05, 4.69) is 20.1 Å². The van der Waals surface area contributed by atoms with E-state index >= 15 is 0 Å². The Bertz CT molecular complexity index is 1000. The van der Waals surface area contributed by atoms with Crippen LogP contribution in [0.5, 0.6) is 5.75 Å². The highest BCUT2D eigenvalue weighted by Gasteiger charge is 2.31. The summed E-state index contributed by atoms with van der Waals surface area (Å²) in [5.74, 6) is 1.58. The van der Waals surface area contributed by atoms with E-state index in [0.717, 1.165) is 43.1 Å². The van der Waals surface area contributed by atoms with Gasteiger partial charge in [-0.2, -0.15) is 0 Å². The van der Waals surface area contributed by atoms with Crippen molar-refractivity contribution in [3.05, 3.63) is 84.1 Å². The number of rotatable bonds is 6. The monoisotopic (exact) mass is 416 g/mol. The molecule has 1 N–H and O–H groups in total. The fourth-order valence-electron chi connectivity index (χ4n) is 4.03. The molecule has 1 aliphatic heterocycles. The maximum atomic E-state index is 13.5. The third kappa shape index (κ3) is 4.86. The number of carbonyl (C=O) groups excluding carboxylic acids is 1. The molecule has 2 heterocycles. The summed E-state index contributed by atoms with van der Waals surface area (Å²) < 4.78 is 5.45. The number of hydrogen-bond donors (Lipinski definition) is 1. The van der Waals surface area contributed by atoms with E-state index < -0.39 is 0 Å². The summed E-state index contributed by atoms with van der Waals surface area (Å²) in [7, 11) is 1.62. The zero-order chi connectivity index (χ0) is 21.6. The van der Waals surface area contributed by atoms with Crippen LogP contribution in [0.1, 0.15) is 17.2 Å². The van der Waals surface area contributed by atoms with Gasteiger partial charge in [0.05, 0.1) is 12.8 Å². The van der Waals surface area contributed by atoms with Gasteiger partial charge in [-0.15, -0.1) is 0 Å². The summed E-state index contributed by atoms with van der Waals surface area (Å²) >= 11 is 0. The van der Waals surface area contributed by atoms with Gasteiger partial charge in [0.1, 0.15) is 17.6 Å². The van der Waals surface area contributed by atoms with Crippen molar-refractivity contribution in [2.75, 3.05) is 43.5 Å². The molecule has 1 atom stereocenters. The fourth-order valence-corrected chi connectivity index (χ4v) is 4.03. The largest absolute Gasteiger partial charge is 0.495 e. The van der Waals surface area contributed by atoms with Gasteiger partial charge in [0.15, 0.2) is 0 Å². The van der Waals surface area contributed by atoms with E-state index in [1.165, 1.54) is 0 Å². The number of anilines is 2. The van der Waals surface area contributed by atoms with Gasteiger partial charge in [0.25, 0.3) is 0 Å². The lowest BCUT2D eigenvalue weighted by Gasteiger charge is -2.39. The van der Waals surface area contributed by atoms with Crippen LogP contribution < -0.4 is 15.0 Å². The first-order chi connectivity index (χ1) is 15.2. The molecule has 1 fully saturated rings. The molecular formula is C25H28N4O2. The van der Waals surface area contributed by atoms with Crippen LogP contribution in [0.15, 0.2) is 72.9 Å². The van der Waals surface area contributed by atoms with Gasteiger partial charge in [0, 0.05) is 32.4 Å². The van der Waals surface area contributed by atoms with E-state index in [1.54, 1.807) is 7.11 Å². The van der Waals surface area contributed by atoms with Crippen LogP contribution in [0, 0.1) is 6.92 Å². The summed E-state index contributed by atoms with van der Waals surface area (Å²) in [6.45, 7) is 5.19. The number of pyridine rings is 1. The van der Waals surface area contributed by atoms with Gasteiger partial charge in [-0.05, 0) is 42.3 Å². The quantitative estimate of drug-likeness (QED) is 0.661. The van der Waals surface area contributed by atoms with Crippen molar-refractivity contribution in [2.45, 2.75) is 13.0 Å². The van der Waals surface area contributed by atoms with Crippen molar-refractivity contribution in [1.82, 2.24) is 9.88 Å². The number of nitrogens with zero attached hydrogens (tertiary/aromatic N) is 3. The molecule has 0 saturated carbocycles. The van der Waals surface area contributed by atoms with Crippen LogP contribution in [-0.2, 0) is 4.79 Å². The molecule has 0 radical (unpaired) electrons. The maximum absolute atomic E-state index is 13.5. The lowest BCUT2D eigenvalue weighted by atomic mass is 10.0. The van der Waals surface area contributed by atoms with Gasteiger partial charge in [0.2, 0.25) is 5.91 Å². The number of aromatic nitrogens is 1. The number of nitrogens with one attached hydrogen (secondary N) is 1. The number of carbonyl (C=O) groups is 1. The first kappa shape index (κ1) is 20.9. The predicted molar refractivity (Wildman–Crippen MR) is 124 cm³/mol. The molecule has 0 spiro atoms. The Hall–Kier alpha value is -3.38. The molecule has 3 aromatic rings. The number of aryl methyl sites for hydroxylation is 1. The molecule has 160 valence electrons. The number of amides is 1. The Morgan fingerprint density at radius 3 is 2.42 bits per heavy atom. The van der Waals surface area contributed by atoms with Crippen molar-refractivity contribution in [2.24, 2.45) is 0 Å². The van der Waals surface area contributed by atoms with Gasteiger partial charge < -0.3 is 15.0 Å². The molecule has 31 heavy (non-hydrogen) atoms. The van der Waals surface area contributed by atoms with E-state index in [4.69, 9.17) is 4.74 Å². The summed E-state index contributed by atoms with van der Waals surface area (Å²) in [4.78, 5) is 22.5. The average molecular weight is 417 g/mol. The molecule has 1 aromatic heterocycles. The second-order valence-electron chi connectivity index (χ2n) is 7.72.